The van der Waals surface area contributed by atoms with Crippen LogP contribution in [0.15, 0.2) is 45.9 Å². The molecule has 0 aliphatic carbocycles. The predicted molar refractivity (Wildman–Crippen MR) is 109 cm³/mol. The summed E-state index contributed by atoms with van der Waals surface area (Å²) in [6.45, 7) is 8.68. The van der Waals surface area contributed by atoms with Gasteiger partial charge in [-0.15, -0.1) is 0 Å². The van der Waals surface area contributed by atoms with Crippen LogP contribution in [0.2, 0.25) is 0 Å². The third-order valence-corrected chi connectivity index (χ3v) is 4.80. The highest BCUT2D eigenvalue weighted by atomic mass is 16.5. The minimum absolute atomic E-state index is 0.404. The van der Waals surface area contributed by atoms with Gasteiger partial charge in [-0.2, -0.15) is 0 Å². The molecule has 1 aromatic carbocycles. The first-order valence-electron chi connectivity index (χ1n) is 10.0. The first-order valence-corrected chi connectivity index (χ1v) is 10.0. The first-order chi connectivity index (χ1) is 13.3. The minimum atomic E-state index is 0.404. The number of likely N-dealkylation sites (tertiary alicyclic amines) is 1. The van der Waals surface area contributed by atoms with Crippen LogP contribution in [0.3, 0.4) is 0 Å². The van der Waals surface area contributed by atoms with Crippen LogP contribution in [0.25, 0.3) is 0 Å². The van der Waals surface area contributed by atoms with Gasteiger partial charge in [0.2, 0.25) is 0 Å². The molecule has 0 saturated carbocycles. The number of hydrogen-bond acceptors (Lipinski definition) is 4. The number of nitrogens with one attached hydrogen (secondary N) is 2. The van der Waals surface area contributed by atoms with Crippen molar-refractivity contribution in [3.05, 3.63) is 53.4 Å². The van der Waals surface area contributed by atoms with E-state index < -0.39 is 0 Å². The van der Waals surface area contributed by atoms with Crippen molar-refractivity contribution in [1.82, 2.24) is 20.7 Å². The standard InChI is InChI=1S/C21H31N5O/c1-3-18-13-20(27-25-18)14-23-21(22-4-2)24-19-11-8-12-26(16-19)15-17-9-6-5-7-10-17/h5-7,9-10,13,19H,3-4,8,11-12,14-16H2,1-2H3,(H2,22,23,24). The van der Waals surface area contributed by atoms with Crippen LogP contribution in [-0.4, -0.2) is 41.7 Å². The summed E-state index contributed by atoms with van der Waals surface area (Å²) in [5.41, 5.74) is 2.35. The van der Waals surface area contributed by atoms with Crippen LogP contribution in [0.5, 0.6) is 0 Å². The van der Waals surface area contributed by atoms with E-state index in [4.69, 9.17) is 4.52 Å². The van der Waals surface area contributed by atoms with E-state index in [0.29, 0.717) is 12.6 Å². The Labute approximate surface area is 162 Å². The van der Waals surface area contributed by atoms with Gasteiger partial charge in [0, 0.05) is 31.7 Å². The van der Waals surface area contributed by atoms with Gasteiger partial charge >= 0.3 is 0 Å². The van der Waals surface area contributed by atoms with E-state index in [1.165, 1.54) is 12.0 Å². The second-order valence-corrected chi connectivity index (χ2v) is 7.04. The average molecular weight is 370 g/mol. The van der Waals surface area contributed by atoms with E-state index in [1.54, 1.807) is 0 Å². The maximum atomic E-state index is 5.34. The minimum Gasteiger partial charge on any atom is -0.359 e. The van der Waals surface area contributed by atoms with Gasteiger partial charge in [0.05, 0.1) is 5.69 Å². The molecule has 1 atom stereocenters. The Morgan fingerprint density at radius 1 is 1.30 bits per heavy atom. The van der Waals surface area contributed by atoms with Gasteiger partial charge in [-0.25, -0.2) is 4.99 Å². The summed E-state index contributed by atoms with van der Waals surface area (Å²) in [5.74, 6) is 1.65. The summed E-state index contributed by atoms with van der Waals surface area (Å²) in [7, 11) is 0. The van der Waals surface area contributed by atoms with Gasteiger partial charge in [-0.3, -0.25) is 4.90 Å². The fraction of sp³-hybridized carbons (Fsp3) is 0.524. The zero-order chi connectivity index (χ0) is 18.9. The molecular formula is C21H31N5O. The van der Waals surface area contributed by atoms with Crippen molar-refractivity contribution < 1.29 is 4.52 Å². The SMILES string of the molecule is CCNC(=NCc1cc(CC)no1)NC1CCCN(Cc2ccccc2)C1. The van der Waals surface area contributed by atoms with Crippen molar-refractivity contribution in [3.63, 3.8) is 0 Å². The average Bonchev–Trinajstić information content (AvgIpc) is 3.16. The van der Waals surface area contributed by atoms with Gasteiger partial charge in [0.15, 0.2) is 11.7 Å². The van der Waals surface area contributed by atoms with Gasteiger partial charge < -0.3 is 15.2 Å². The smallest absolute Gasteiger partial charge is 0.191 e. The van der Waals surface area contributed by atoms with E-state index in [1.807, 2.05) is 6.07 Å². The lowest BCUT2D eigenvalue weighted by atomic mass is 10.0. The fourth-order valence-electron chi connectivity index (χ4n) is 3.43. The van der Waals surface area contributed by atoms with Crippen molar-refractivity contribution in [3.8, 4) is 0 Å². The molecule has 1 unspecified atom stereocenters. The number of hydrogen-bond donors (Lipinski definition) is 2. The molecule has 1 aliphatic heterocycles. The third-order valence-electron chi connectivity index (χ3n) is 4.80. The summed E-state index contributed by atoms with van der Waals surface area (Å²) >= 11 is 0. The number of rotatable bonds is 7. The maximum absolute atomic E-state index is 5.34. The lowest BCUT2D eigenvalue weighted by Crippen LogP contribution is -2.50. The largest absolute Gasteiger partial charge is 0.359 e. The molecule has 1 saturated heterocycles. The van der Waals surface area contributed by atoms with Crippen LogP contribution >= 0.6 is 0 Å². The first kappa shape index (κ1) is 19.4. The number of aliphatic imine (C=N–C) groups is 1. The topological polar surface area (TPSA) is 65.7 Å². The molecular weight excluding hydrogens is 338 g/mol. The predicted octanol–water partition coefficient (Wildman–Crippen LogP) is 2.96. The number of guanidine groups is 1. The van der Waals surface area contributed by atoms with E-state index in [9.17, 15) is 0 Å². The van der Waals surface area contributed by atoms with Crippen molar-refractivity contribution in [2.24, 2.45) is 4.99 Å². The summed E-state index contributed by atoms with van der Waals surface area (Å²) in [5, 5.41) is 11.0. The molecule has 2 heterocycles. The molecule has 0 amide bonds. The van der Waals surface area contributed by atoms with E-state index >= 15 is 0 Å². The molecule has 6 nitrogen and oxygen atoms in total. The maximum Gasteiger partial charge on any atom is 0.191 e. The van der Waals surface area contributed by atoms with Gasteiger partial charge in [-0.05, 0) is 38.3 Å². The van der Waals surface area contributed by atoms with Crippen molar-refractivity contribution in [2.75, 3.05) is 19.6 Å². The highest BCUT2D eigenvalue weighted by molar-refractivity contribution is 5.80. The normalized spacial score (nSPS) is 18.4. The Morgan fingerprint density at radius 2 is 2.15 bits per heavy atom. The molecule has 27 heavy (non-hydrogen) atoms. The summed E-state index contributed by atoms with van der Waals surface area (Å²) < 4.78 is 5.34. The molecule has 146 valence electrons. The molecule has 0 radical (unpaired) electrons. The molecule has 0 bridgehead atoms. The van der Waals surface area contributed by atoms with E-state index in [0.717, 1.165) is 56.4 Å². The lowest BCUT2D eigenvalue weighted by molar-refractivity contribution is 0.192. The number of nitrogens with zero attached hydrogens (tertiary/aromatic N) is 3. The fourth-order valence-corrected chi connectivity index (χ4v) is 3.43. The van der Waals surface area contributed by atoms with Crippen LogP contribution in [0.4, 0.5) is 0 Å². The Kier molecular flexibility index (Phi) is 7.27. The highest BCUT2D eigenvalue weighted by Gasteiger charge is 2.20. The molecule has 0 spiro atoms. The third kappa shape index (κ3) is 6.10. The summed E-state index contributed by atoms with van der Waals surface area (Å²) in [4.78, 5) is 7.19. The number of aryl methyl sites for hydroxylation is 1. The lowest BCUT2D eigenvalue weighted by Gasteiger charge is -2.34. The molecule has 1 aliphatic rings. The Balaban J connectivity index is 1.55. The number of piperidine rings is 1. The van der Waals surface area contributed by atoms with Crippen LogP contribution in [0, 0.1) is 0 Å². The highest BCUT2D eigenvalue weighted by Crippen LogP contribution is 2.14. The number of aromatic nitrogens is 1. The number of benzene rings is 1. The zero-order valence-corrected chi connectivity index (χ0v) is 16.4. The zero-order valence-electron chi connectivity index (χ0n) is 16.4. The van der Waals surface area contributed by atoms with Crippen LogP contribution in [-0.2, 0) is 19.5 Å². The van der Waals surface area contributed by atoms with Gasteiger partial charge in [0.25, 0.3) is 0 Å². The van der Waals surface area contributed by atoms with Crippen molar-refractivity contribution >= 4 is 5.96 Å². The molecule has 1 aromatic heterocycles. The molecule has 2 N–H and O–H groups in total. The quantitative estimate of drug-likeness (QED) is 0.580. The summed E-state index contributed by atoms with van der Waals surface area (Å²) in [6.07, 6.45) is 3.24. The van der Waals surface area contributed by atoms with Crippen LogP contribution in [0.1, 0.15) is 43.7 Å². The Hall–Kier alpha value is -2.34. The molecule has 1 fully saturated rings. The Bertz CT molecular complexity index is 712. The molecule has 2 aromatic rings. The van der Waals surface area contributed by atoms with E-state index in [2.05, 4.69) is 69.9 Å². The Morgan fingerprint density at radius 3 is 2.89 bits per heavy atom. The van der Waals surface area contributed by atoms with Crippen molar-refractivity contribution in [1.29, 1.82) is 0 Å². The van der Waals surface area contributed by atoms with Gasteiger partial charge in [-0.1, -0.05) is 42.4 Å². The van der Waals surface area contributed by atoms with Gasteiger partial charge in [0.1, 0.15) is 6.54 Å². The van der Waals surface area contributed by atoms with Crippen LogP contribution < -0.4 is 10.6 Å². The second kappa shape index (κ2) is 10.1. The summed E-state index contributed by atoms with van der Waals surface area (Å²) in [6, 6.07) is 13.1. The monoisotopic (exact) mass is 369 g/mol. The van der Waals surface area contributed by atoms with E-state index in [-0.39, 0.29) is 0 Å². The second-order valence-electron chi connectivity index (χ2n) is 7.04. The molecule has 6 heteroatoms. The molecule has 3 rings (SSSR count). The van der Waals surface area contributed by atoms with Crippen molar-refractivity contribution in [2.45, 2.75) is 52.2 Å².